The maximum atomic E-state index is 5.43. The van der Waals surface area contributed by atoms with E-state index in [2.05, 4.69) is 40.8 Å². The molecular weight excluding hydrogens is 265 g/mol. The van der Waals surface area contributed by atoms with Crippen molar-refractivity contribution in [1.82, 2.24) is 9.78 Å². The van der Waals surface area contributed by atoms with Gasteiger partial charge in [0.2, 0.25) is 0 Å². The summed E-state index contributed by atoms with van der Waals surface area (Å²) in [6.45, 7) is 2.93. The first-order valence-corrected chi connectivity index (χ1v) is 5.21. The van der Waals surface area contributed by atoms with E-state index in [1.165, 1.54) is 3.57 Å². The van der Waals surface area contributed by atoms with Gasteiger partial charge in [0.05, 0.1) is 9.77 Å². The minimum atomic E-state index is 0.470. The zero-order valence-electron chi connectivity index (χ0n) is 7.20. The van der Waals surface area contributed by atoms with Crippen molar-refractivity contribution >= 4 is 22.6 Å². The van der Waals surface area contributed by atoms with E-state index in [9.17, 15) is 0 Å². The third kappa shape index (κ3) is 2.75. The highest BCUT2D eigenvalue weighted by Gasteiger charge is 2.04. The zero-order chi connectivity index (χ0) is 8.97. The average Bonchev–Trinajstić information content (AvgIpc) is 2.47. The van der Waals surface area contributed by atoms with E-state index >= 15 is 0 Å². The number of aromatic nitrogens is 2. The van der Waals surface area contributed by atoms with Crippen LogP contribution in [-0.2, 0) is 0 Å². The van der Waals surface area contributed by atoms with Crippen molar-refractivity contribution in [3.8, 4) is 0 Å². The maximum absolute atomic E-state index is 5.43. The number of nitrogens with two attached hydrogens (primary N) is 1. The molecule has 0 amide bonds. The zero-order valence-corrected chi connectivity index (χ0v) is 9.36. The molecule has 0 bridgehead atoms. The Bertz CT molecular complexity index is 234. The molecule has 0 fully saturated rings. The summed E-state index contributed by atoms with van der Waals surface area (Å²) in [6, 6.07) is 0.470. The predicted molar refractivity (Wildman–Crippen MR) is 57.9 cm³/mol. The van der Waals surface area contributed by atoms with Gasteiger partial charge in [-0.2, -0.15) is 5.10 Å². The fraction of sp³-hybridized carbons (Fsp3) is 0.625. The van der Waals surface area contributed by atoms with Crippen LogP contribution in [0.15, 0.2) is 12.4 Å². The van der Waals surface area contributed by atoms with Gasteiger partial charge in [0.1, 0.15) is 0 Å². The first-order valence-electron chi connectivity index (χ1n) is 4.13. The van der Waals surface area contributed by atoms with Crippen molar-refractivity contribution < 1.29 is 0 Å². The summed E-state index contributed by atoms with van der Waals surface area (Å²) in [5.41, 5.74) is 5.43. The third-order valence-corrected chi connectivity index (χ3v) is 2.40. The van der Waals surface area contributed by atoms with Gasteiger partial charge in [-0.05, 0) is 48.9 Å². The number of hydrogen-bond donors (Lipinski definition) is 1. The number of nitrogens with zero attached hydrogens (tertiary/aromatic N) is 2. The maximum Gasteiger partial charge on any atom is 0.0623 e. The van der Waals surface area contributed by atoms with Gasteiger partial charge in [0.25, 0.3) is 0 Å². The van der Waals surface area contributed by atoms with E-state index < -0.39 is 0 Å². The van der Waals surface area contributed by atoms with Crippen molar-refractivity contribution in [2.24, 2.45) is 5.73 Å². The summed E-state index contributed by atoms with van der Waals surface area (Å²) in [5.74, 6) is 0. The molecule has 1 aromatic rings. The Morgan fingerprint density at radius 3 is 3.00 bits per heavy atom. The van der Waals surface area contributed by atoms with Gasteiger partial charge in [-0.3, -0.25) is 4.68 Å². The van der Waals surface area contributed by atoms with Crippen molar-refractivity contribution in [1.29, 1.82) is 0 Å². The molecule has 12 heavy (non-hydrogen) atoms. The molecule has 0 spiro atoms. The summed E-state index contributed by atoms with van der Waals surface area (Å²) >= 11 is 2.26. The standard InChI is InChI=1S/C8H14IN3/c1-7(3-2-4-10)12-6-8(9)5-11-12/h5-7H,2-4,10H2,1H3. The Kier molecular flexibility index (Phi) is 4.00. The lowest BCUT2D eigenvalue weighted by molar-refractivity contribution is 0.449. The minimum absolute atomic E-state index is 0.470. The molecule has 1 atom stereocenters. The average molecular weight is 279 g/mol. The second-order valence-electron chi connectivity index (χ2n) is 2.92. The number of halogens is 1. The lowest BCUT2D eigenvalue weighted by atomic mass is 10.2. The SMILES string of the molecule is CC(CCCN)n1cc(I)cn1. The molecule has 2 N–H and O–H groups in total. The molecule has 0 aliphatic rings. The van der Waals surface area contributed by atoms with Crippen LogP contribution in [0.3, 0.4) is 0 Å². The van der Waals surface area contributed by atoms with Crippen LogP contribution in [-0.4, -0.2) is 16.3 Å². The Labute approximate surface area is 86.5 Å². The summed E-state index contributed by atoms with van der Waals surface area (Å²) < 4.78 is 3.18. The molecule has 3 nitrogen and oxygen atoms in total. The lowest BCUT2D eigenvalue weighted by Crippen LogP contribution is -2.08. The molecule has 1 aromatic heterocycles. The van der Waals surface area contributed by atoms with Gasteiger partial charge >= 0.3 is 0 Å². The van der Waals surface area contributed by atoms with Gasteiger partial charge in [-0.15, -0.1) is 0 Å². The Hall–Kier alpha value is -0.100. The first-order chi connectivity index (χ1) is 5.74. The van der Waals surface area contributed by atoms with Crippen LogP contribution >= 0.6 is 22.6 Å². The summed E-state index contributed by atoms with van der Waals surface area (Å²) in [5, 5.41) is 4.24. The Morgan fingerprint density at radius 2 is 2.50 bits per heavy atom. The van der Waals surface area contributed by atoms with E-state index in [1.807, 2.05) is 10.9 Å². The molecule has 0 radical (unpaired) electrons. The molecule has 0 saturated carbocycles. The van der Waals surface area contributed by atoms with Crippen molar-refractivity contribution in [2.45, 2.75) is 25.8 Å². The summed E-state index contributed by atoms with van der Waals surface area (Å²) in [6.07, 6.45) is 6.10. The van der Waals surface area contributed by atoms with E-state index in [1.54, 1.807) is 0 Å². The second-order valence-corrected chi connectivity index (χ2v) is 4.16. The minimum Gasteiger partial charge on any atom is -0.330 e. The van der Waals surface area contributed by atoms with Crippen LogP contribution in [0.1, 0.15) is 25.8 Å². The van der Waals surface area contributed by atoms with Crippen LogP contribution in [0.2, 0.25) is 0 Å². The summed E-state index contributed by atoms with van der Waals surface area (Å²) in [7, 11) is 0. The molecule has 0 aliphatic carbocycles. The van der Waals surface area contributed by atoms with Gasteiger partial charge < -0.3 is 5.73 Å². The van der Waals surface area contributed by atoms with Crippen molar-refractivity contribution in [2.75, 3.05) is 6.54 Å². The molecule has 0 aromatic carbocycles. The van der Waals surface area contributed by atoms with Gasteiger partial charge in [0, 0.05) is 12.2 Å². The predicted octanol–water partition coefficient (Wildman–Crippen LogP) is 1.79. The largest absolute Gasteiger partial charge is 0.330 e. The van der Waals surface area contributed by atoms with Gasteiger partial charge in [-0.1, -0.05) is 0 Å². The number of rotatable bonds is 4. The monoisotopic (exact) mass is 279 g/mol. The third-order valence-electron chi connectivity index (χ3n) is 1.85. The number of hydrogen-bond acceptors (Lipinski definition) is 2. The fourth-order valence-corrected chi connectivity index (χ4v) is 1.51. The molecule has 0 aliphatic heterocycles. The first kappa shape index (κ1) is 9.98. The molecule has 1 rings (SSSR count). The molecule has 4 heteroatoms. The fourth-order valence-electron chi connectivity index (χ4n) is 1.10. The smallest absolute Gasteiger partial charge is 0.0623 e. The van der Waals surface area contributed by atoms with E-state index in [-0.39, 0.29) is 0 Å². The molecule has 1 heterocycles. The van der Waals surface area contributed by atoms with Crippen molar-refractivity contribution in [3.05, 3.63) is 16.0 Å². The quantitative estimate of drug-likeness (QED) is 0.854. The summed E-state index contributed by atoms with van der Waals surface area (Å²) in [4.78, 5) is 0. The van der Waals surface area contributed by atoms with E-state index in [0.717, 1.165) is 19.4 Å². The van der Waals surface area contributed by atoms with Crippen LogP contribution < -0.4 is 5.73 Å². The molecule has 1 unspecified atom stereocenters. The van der Waals surface area contributed by atoms with E-state index in [0.29, 0.717) is 6.04 Å². The highest BCUT2D eigenvalue weighted by Crippen LogP contribution is 2.12. The van der Waals surface area contributed by atoms with Crippen LogP contribution in [0.5, 0.6) is 0 Å². The molecule has 68 valence electrons. The topological polar surface area (TPSA) is 43.8 Å². The molecular formula is C8H14IN3. The highest BCUT2D eigenvalue weighted by molar-refractivity contribution is 14.1. The van der Waals surface area contributed by atoms with Crippen LogP contribution in [0.25, 0.3) is 0 Å². The van der Waals surface area contributed by atoms with E-state index in [4.69, 9.17) is 5.73 Å². The normalized spacial score (nSPS) is 13.2. The highest BCUT2D eigenvalue weighted by atomic mass is 127. The molecule has 0 saturated heterocycles. The Morgan fingerprint density at radius 1 is 1.75 bits per heavy atom. The van der Waals surface area contributed by atoms with Crippen LogP contribution in [0.4, 0.5) is 0 Å². The van der Waals surface area contributed by atoms with Gasteiger partial charge in [0.15, 0.2) is 0 Å². The van der Waals surface area contributed by atoms with Gasteiger partial charge in [-0.25, -0.2) is 0 Å². The lowest BCUT2D eigenvalue weighted by Gasteiger charge is -2.10. The Balaban J connectivity index is 2.47. The van der Waals surface area contributed by atoms with Crippen LogP contribution in [0, 0.1) is 3.57 Å². The van der Waals surface area contributed by atoms with Crippen molar-refractivity contribution in [3.63, 3.8) is 0 Å². The second kappa shape index (κ2) is 4.81.